The molecule has 0 radical (unpaired) electrons. The molecule has 2 aromatic carbocycles. The lowest BCUT2D eigenvalue weighted by Gasteiger charge is -2.18. The lowest BCUT2D eigenvalue weighted by Crippen LogP contribution is -2.50. The van der Waals surface area contributed by atoms with Crippen molar-refractivity contribution in [2.24, 2.45) is 0 Å². The highest BCUT2D eigenvalue weighted by atomic mass is 35.5. The molecule has 144 valence electrons. The van der Waals surface area contributed by atoms with Crippen LogP contribution in [-0.2, 0) is 9.59 Å². The van der Waals surface area contributed by atoms with Gasteiger partial charge in [-0.15, -0.1) is 0 Å². The van der Waals surface area contributed by atoms with Crippen molar-refractivity contribution in [3.63, 3.8) is 0 Å². The first-order chi connectivity index (χ1) is 12.8. The summed E-state index contributed by atoms with van der Waals surface area (Å²) < 4.78 is 23.7. The summed E-state index contributed by atoms with van der Waals surface area (Å²) in [6.45, 7) is 2.98. The van der Waals surface area contributed by atoms with Gasteiger partial charge in [0.15, 0.2) is 12.2 Å². The number of carbonyl (C=O) groups is 2. The van der Waals surface area contributed by atoms with Crippen LogP contribution < -0.4 is 20.3 Å². The fourth-order valence-corrected chi connectivity index (χ4v) is 2.37. The van der Waals surface area contributed by atoms with E-state index in [4.69, 9.17) is 32.7 Å². The highest BCUT2D eigenvalue weighted by Gasteiger charge is 2.19. The molecule has 0 aromatic heterocycles. The summed E-state index contributed by atoms with van der Waals surface area (Å²) in [6, 6.07) is 9.80. The molecular formula is C18H17Cl2FN2O4. The highest BCUT2D eigenvalue weighted by molar-refractivity contribution is 6.35. The van der Waals surface area contributed by atoms with Crippen LogP contribution in [0, 0.1) is 5.82 Å². The van der Waals surface area contributed by atoms with Crippen LogP contribution in [0.25, 0.3) is 0 Å². The van der Waals surface area contributed by atoms with Gasteiger partial charge < -0.3 is 9.47 Å². The van der Waals surface area contributed by atoms with E-state index in [-0.39, 0.29) is 10.8 Å². The summed E-state index contributed by atoms with van der Waals surface area (Å²) in [5, 5.41) is 0.694. The fourth-order valence-electron chi connectivity index (χ4n) is 1.91. The molecule has 0 aliphatic carbocycles. The van der Waals surface area contributed by atoms with Gasteiger partial charge in [-0.3, -0.25) is 20.4 Å². The second-order valence-electron chi connectivity index (χ2n) is 5.53. The first kappa shape index (κ1) is 20.8. The molecular weight excluding hydrogens is 398 g/mol. The molecule has 2 amide bonds. The molecule has 0 bridgehead atoms. The van der Waals surface area contributed by atoms with Gasteiger partial charge in [0.25, 0.3) is 11.8 Å². The van der Waals surface area contributed by atoms with Gasteiger partial charge in [-0.25, -0.2) is 4.39 Å². The number of benzene rings is 2. The molecule has 0 saturated heterocycles. The van der Waals surface area contributed by atoms with Crippen LogP contribution in [0.3, 0.4) is 0 Å². The van der Waals surface area contributed by atoms with Crippen molar-refractivity contribution in [3.05, 3.63) is 58.3 Å². The number of hydrazine groups is 1. The van der Waals surface area contributed by atoms with E-state index in [0.717, 1.165) is 0 Å². The second-order valence-corrected chi connectivity index (χ2v) is 6.37. The van der Waals surface area contributed by atoms with Gasteiger partial charge in [-0.1, -0.05) is 23.2 Å². The molecule has 9 heteroatoms. The van der Waals surface area contributed by atoms with Crippen LogP contribution in [0.15, 0.2) is 42.5 Å². The third-order valence-electron chi connectivity index (χ3n) is 3.37. The number of hydrogen-bond donors (Lipinski definition) is 2. The largest absolute Gasteiger partial charge is 0.481 e. The smallest absolute Gasteiger partial charge is 0.279 e. The van der Waals surface area contributed by atoms with Crippen molar-refractivity contribution >= 4 is 35.0 Å². The second kappa shape index (κ2) is 9.43. The standard InChI is InChI=1S/C18H17Cl2FN2O4/c1-10(26-14-6-4-13(21)5-7-14)17(24)22-23-18(25)11(2)27-16-8-3-12(19)9-15(16)20/h3-11H,1-2H3,(H,22,24)(H,23,25). The summed E-state index contributed by atoms with van der Waals surface area (Å²) in [6.07, 6.45) is -1.85. The summed E-state index contributed by atoms with van der Waals surface area (Å²) in [7, 11) is 0. The minimum atomic E-state index is -0.933. The predicted octanol–water partition coefficient (Wildman–Crippen LogP) is 3.51. The zero-order chi connectivity index (χ0) is 20.0. The molecule has 0 spiro atoms. The van der Waals surface area contributed by atoms with Crippen LogP contribution >= 0.6 is 23.2 Å². The van der Waals surface area contributed by atoms with Crippen molar-refractivity contribution in [2.75, 3.05) is 0 Å². The summed E-state index contributed by atoms with van der Waals surface area (Å²) >= 11 is 11.8. The lowest BCUT2D eigenvalue weighted by atomic mass is 10.3. The number of nitrogens with one attached hydrogen (secondary N) is 2. The number of ether oxygens (including phenoxy) is 2. The number of amides is 2. The van der Waals surface area contributed by atoms with E-state index in [1.165, 1.54) is 50.2 Å². The van der Waals surface area contributed by atoms with E-state index in [1.807, 2.05) is 0 Å². The van der Waals surface area contributed by atoms with Crippen LogP contribution in [0.4, 0.5) is 4.39 Å². The number of halogens is 3. The summed E-state index contributed by atoms with van der Waals surface area (Å²) in [4.78, 5) is 24.0. The maximum atomic E-state index is 12.9. The Labute approximate surface area is 165 Å². The molecule has 27 heavy (non-hydrogen) atoms. The molecule has 0 heterocycles. The Bertz CT molecular complexity index is 818. The van der Waals surface area contributed by atoms with E-state index in [9.17, 15) is 14.0 Å². The highest BCUT2D eigenvalue weighted by Crippen LogP contribution is 2.28. The van der Waals surface area contributed by atoms with Gasteiger partial charge in [0.2, 0.25) is 0 Å². The van der Waals surface area contributed by atoms with Crippen molar-refractivity contribution in [1.29, 1.82) is 0 Å². The Morgan fingerprint density at radius 1 is 0.926 bits per heavy atom. The third-order valence-corrected chi connectivity index (χ3v) is 3.90. The van der Waals surface area contributed by atoms with E-state index in [0.29, 0.717) is 10.8 Å². The van der Waals surface area contributed by atoms with Crippen LogP contribution in [-0.4, -0.2) is 24.0 Å². The van der Waals surface area contributed by atoms with Crippen LogP contribution in [0.1, 0.15) is 13.8 Å². The average Bonchev–Trinajstić information content (AvgIpc) is 2.63. The molecule has 0 saturated carbocycles. The first-order valence-electron chi connectivity index (χ1n) is 7.90. The van der Waals surface area contributed by atoms with Gasteiger partial charge in [0.05, 0.1) is 5.02 Å². The molecule has 2 unspecified atom stereocenters. The fraction of sp³-hybridized carbons (Fsp3) is 0.222. The van der Waals surface area contributed by atoms with Gasteiger partial charge in [0, 0.05) is 5.02 Å². The summed E-state index contributed by atoms with van der Waals surface area (Å²) in [5.74, 6) is -1.00. The molecule has 0 aliphatic heterocycles. The van der Waals surface area contributed by atoms with E-state index < -0.39 is 29.8 Å². The number of rotatable bonds is 6. The molecule has 2 aromatic rings. The maximum absolute atomic E-state index is 12.9. The van der Waals surface area contributed by atoms with Gasteiger partial charge in [0.1, 0.15) is 17.3 Å². The average molecular weight is 415 g/mol. The Morgan fingerprint density at radius 3 is 2.04 bits per heavy atom. The predicted molar refractivity (Wildman–Crippen MR) is 99.3 cm³/mol. The minimum Gasteiger partial charge on any atom is -0.481 e. The molecule has 2 N–H and O–H groups in total. The van der Waals surface area contributed by atoms with Crippen LogP contribution in [0.5, 0.6) is 11.5 Å². The van der Waals surface area contributed by atoms with E-state index in [1.54, 1.807) is 6.07 Å². The zero-order valence-corrected chi connectivity index (χ0v) is 16.0. The Hall–Kier alpha value is -2.51. The molecule has 0 aliphatic rings. The van der Waals surface area contributed by atoms with E-state index in [2.05, 4.69) is 10.9 Å². The third kappa shape index (κ3) is 6.30. The zero-order valence-electron chi connectivity index (χ0n) is 14.5. The monoisotopic (exact) mass is 414 g/mol. The van der Waals surface area contributed by atoms with Gasteiger partial charge >= 0.3 is 0 Å². The van der Waals surface area contributed by atoms with Crippen molar-refractivity contribution in [1.82, 2.24) is 10.9 Å². The SMILES string of the molecule is CC(Oc1ccc(F)cc1)C(=O)NNC(=O)C(C)Oc1ccc(Cl)cc1Cl. The minimum absolute atomic E-state index is 0.257. The lowest BCUT2D eigenvalue weighted by molar-refractivity contribution is -0.135. The van der Waals surface area contributed by atoms with E-state index >= 15 is 0 Å². The van der Waals surface area contributed by atoms with Crippen molar-refractivity contribution in [2.45, 2.75) is 26.1 Å². The molecule has 2 atom stereocenters. The topological polar surface area (TPSA) is 76.7 Å². The summed E-state index contributed by atoms with van der Waals surface area (Å²) in [5.41, 5.74) is 4.47. The Morgan fingerprint density at radius 2 is 1.48 bits per heavy atom. The maximum Gasteiger partial charge on any atom is 0.279 e. The first-order valence-corrected chi connectivity index (χ1v) is 8.65. The normalized spacial score (nSPS) is 12.6. The van der Waals surface area contributed by atoms with Gasteiger partial charge in [-0.05, 0) is 56.3 Å². The quantitative estimate of drug-likeness (QED) is 0.708. The number of carbonyl (C=O) groups excluding carboxylic acids is 2. The van der Waals surface area contributed by atoms with Crippen molar-refractivity contribution < 1.29 is 23.5 Å². The van der Waals surface area contributed by atoms with Crippen LogP contribution in [0.2, 0.25) is 10.0 Å². The Kier molecular flexibility index (Phi) is 7.27. The van der Waals surface area contributed by atoms with Crippen molar-refractivity contribution in [3.8, 4) is 11.5 Å². The molecule has 6 nitrogen and oxygen atoms in total. The van der Waals surface area contributed by atoms with Gasteiger partial charge in [-0.2, -0.15) is 0 Å². The molecule has 2 rings (SSSR count). The molecule has 0 fully saturated rings. The number of hydrogen-bond acceptors (Lipinski definition) is 4. The Balaban J connectivity index is 1.82.